The third kappa shape index (κ3) is 4.53. The minimum absolute atomic E-state index is 0.0187. The Bertz CT molecular complexity index is 905. The van der Waals surface area contributed by atoms with E-state index < -0.39 is 10.1 Å². The molecule has 0 bridgehead atoms. The Morgan fingerprint density at radius 3 is 2.41 bits per heavy atom. The smallest absolute Gasteiger partial charge is 0.294 e. The molecule has 0 saturated carbocycles. The molecule has 2 N–H and O–H groups in total. The molecule has 1 aromatic heterocycles. The third-order valence-electron chi connectivity index (χ3n) is 4.41. The molecule has 0 radical (unpaired) electrons. The largest absolute Gasteiger partial charge is 0.378 e. The normalized spacial score (nSPS) is 16.4. The first-order valence-electron chi connectivity index (χ1n) is 8.52. The number of aromatic nitrogens is 2. The number of imidazole rings is 1. The maximum Gasteiger partial charge on any atom is 0.294 e. The molecule has 146 valence electrons. The highest BCUT2D eigenvalue weighted by molar-refractivity contribution is 7.85. The van der Waals surface area contributed by atoms with Crippen LogP contribution in [0.1, 0.15) is 22.0 Å². The summed E-state index contributed by atoms with van der Waals surface area (Å²) in [5, 5.41) is 3.23. The summed E-state index contributed by atoms with van der Waals surface area (Å²) in [5.74, 6) is 0.573. The van der Waals surface area contributed by atoms with E-state index in [1.807, 2.05) is 16.5 Å². The highest BCUT2D eigenvalue weighted by Crippen LogP contribution is 2.17. The predicted octanol–water partition coefficient (Wildman–Crippen LogP) is 0.429. The second-order valence-corrected chi connectivity index (χ2v) is 7.61. The van der Waals surface area contributed by atoms with Gasteiger partial charge in [-0.1, -0.05) is 18.2 Å². The van der Waals surface area contributed by atoms with E-state index in [9.17, 15) is 13.2 Å². The molecule has 9 nitrogen and oxygen atoms in total. The van der Waals surface area contributed by atoms with Gasteiger partial charge in [0.15, 0.2) is 5.82 Å². The molecule has 1 fully saturated rings. The first-order chi connectivity index (χ1) is 12.9. The van der Waals surface area contributed by atoms with Crippen LogP contribution >= 0.6 is 0 Å². The van der Waals surface area contributed by atoms with Crippen LogP contribution in [0.15, 0.2) is 35.2 Å². The third-order valence-corrected chi connectivity index (χ3v) is 5.28. The molecule has 2 aliphatic rings. The quantitative estimate of drug-likeness (QED) is 0.710. The Morgan fingerprint density at radius 1 is 1.19 bits per heavy atom. The summed E-state index contributed by atoms with van der Waals surface area (Å²) >= 11 is 0. The van der Waals surface area contributed by atoms with Crippen molar-refractivity contribution in [3.8, 4) is 0 Å². The number of carbonyl (C=O) groups excluding carboxylic acids is 1. The molecular weight excluding hydrogens is 372 g/mol. The summed E-state index contributed by atoms with van der Waals surface area (Å²) in [6.45, 7) is 4.13. The fourth-order valence-electron chi connectivity index (χ4n) is 2.94. The minimum Gasteiger partial charge on any atom is -0.378 e. The lowest BCUT2D eigenvalue weighted by Gasteiger charge is -2.26. The Morgan fingerprint density at radius 2 is 1.85 bits per heavy atom. The van der Waals surface area contributed by atoms with Gasteiger partial charge < -0.3 is 19.5 Å². The first-order valence-corrected chi connectivity index (χ1v) is 9.96. The van der Waals surface area contributed by atoms with Crippen molar-refractivity contribution in [1.82, 2.24) is 19.8 Å². The zero-order valence-electron chi connectivity index (χ0n) is 15.0. The van der Waals surface area contributed by atoms with E-state index in [1.165, 1.54) is 12.1 Å². The highest BCUT2D eigenvalue weighted by Gasteiger charge is 2.27. The van der Waals surface area contributed by atoms with Gasteiger partial charge in [-0.2, -0.15) is 8.42 Å². The zero-order valence-corrected chi connectivity index (χ0v) is 15.8. The van der Waals surface area contributed by atoms with E-state index in [4.69, 9.17) is 9.29 Å². The standard InChI is InChI=1S/C11H16N4O2.C6H6O3S/c1-14-9-7-12-6-8(9)13-10(14)11(16)15-2-4-17-5-3-15;7-10(8,9)6-4-2-1-3-5-6/h12H,2-7H2,1H3;1-5H,(H,7,8,9). The van der Waals surface area contributed by atoms with Gasteiger partial charge in [0, 0.05) is 33.2 Å². The number of hydrogen-bond donors (Lipinski definition) is 2. The summed E-state index contributed by atoms with van der Waals surface area (Å²) in [7, 11) is -2.09. The number of fused-ring (bicyclic) bond motifs is 1. The van der Waals surface area contributed by atoms with Gasteiger partial charge in [-0.15, -0.1) is 0 Å². The Hall–Kier alpha value is -2.27. The number of ether oxygens (including phenoxy) is 1. The van der Waals surface area contributed by atoms with E-state index in [0.29, 0.717) is 32.1 Å². The van der Waals surface area contributed by atoms with Crippen LogP contribution in [0.2, 0.25) is 0 Å². The molecule has 0 atom stereocenters. The molecule has 2 aromatic rings. The van der Waals surface area contributed by atoms with Gasteiger partial charge in [-0.05, 0) is 12.1 Å². The predicted molar refractivity (Wildman–Crippen MR) is 96.7 cm³/mol. The van der Waals surface area contributed by atoms with Gasteiger partial charge in [-0.25, -0.2) is 4.98 Å². The van der Waals surface area contributed by atoms with E-state index in [0.717, 1.165) is 24.5 Å². The molecule has 27 heavy (non-hydrogen) atoms. The second kappa shape index (κ2) is 8.17. The topological polar surface area (TPSA) is 114 Å². The maximum absolute atomic E-state index is 12.3. The van der Waals surface area contributed by atoms with Crippen molar-refractivity contribution in [3.05, 3.63) is 47.5 Å². The van der Waals surface area contributed by atoms with Crippen LogP contribution in [0.3, 0.4) is 0 Å². The number of morpholine rings is 1. The Balaban J connectivity index is 0.000000180. The highest BCUT2D eigenvalue weighted by atomic mass is 32.2. The summed E-state index contributed by atoms with van der Waals surface area (Å²) < 4.78 is 36.4. The van der Waals surface area contributed by atoms with E-state index in [-0.39, 0.29) is 10.8 Å². The summed E-state index contributed by atoms with van der Waals surface area (Å²) in [4.78, 5) is 18.5. The number of nitrogens with one attached hydrogen (secondary N) is 1. The van der Waals surface area contributed by atoms with Crippen LogP contribution in [0, 0.1) is 0 Å². The number of nitrogens with zero attached hydrogens (tertiary/aromatic N) is 3. The van der Waals surface area contributed by atoms with Gasteiger partial charge in [-0.3, -0.25) is 9.35 Å². The average molecular weight is 394 g/mol. The van der Waals surface area contributed by atoms with Crippen molar-refractivity contribution in [2.24, 2.45) is 7.05 Å². The van der Waals surface area contributed by atoms with Crippen molar-refractivity contribution >= 4 is 16.0 Å². The average Bonchev–Trinajstić information content (AvgIpc) is 3.26. The molecule has 0 aliphatic carbocycles. The number of carbonyl (C=O) groups is 1. The molecule has 1 amide bonds. The van der Waals surface area contributed by atoms with E-state index >= 15 is 0 Å². The lowest BCUT2D eigenvalue weighted by molar-refractivity contribution is 0.0292. The maximum atomic E-state index is 12.3. The molecule has 0 unspecified atom stereocenters. The summed E-state index contributed by atoms with van der Waals surface area (Å²) in [6, 6.07) is 7.42. The van der Waals surface area contributed by atoms with Crippen LogP contribution in [-0.2, 0) is 35.0 Å². The number of rotatable bonds is 2. The Labute approximate surface area is 157 Å². The lowest BCUT2D eigenvalue weighted by atomic mass is 10.4. The molecule has 2 aliphatic heterocycles. The van der Waals surface area contributed by atoms with Crippen LogP contribution in [0.25, 0.3) is 0 Å². The summed E-state index contributed by atoms with van der Waals surface area (Å²) in [5.41, 5.74) is 2.13. The molecular formula is C17H22N4O5S. The zero-order chi connectivity index (χ0) is 19.4. The first kappa shape index (κ1) is 19.5. The van der Waals surface area contributed by atoms with Crippen molar-refractivity contribution in [2.45, 2.75) is 18.0 Å². The van der Waals surface area contributed by atoms with Crippen LogP contribution in [0.4, 0.5) is 0 Å². The number of amides is 1. The van der Waals surface area contributed by atoms with E-state index in [1.54, 1.807) is 18.2 Å². The molecule has 10 heteroatoms. The second-order valence-electron chi connectivity index (χ2n) is 6.18. The Kier molecular flexibility index (Phi) is 5.90. The SMILES string of the molecule is Cn1c(C(=O)N2CCOCC2)nc2c1CNC2.O=S(=O)(O)c1ccccc1. The van der Waals surface area contributed by atoms with Gasteiger partial charge in [0.05, 0.1) is 29.5 Å². The van der Waals surface area contributed by atoms with Gasteiger partial charge in [0.2, 0.25) is 0 Å². The van der Waals surface area contributed by atoms with Crippen molar-refractivity contribution < 1.29 is 22.5 Å². The van der Waals surface area contributed by atoms with Gasteiger partial charge in [0.1, 0.15) is 0 Å². The van der Waals surface area contributed by atoms with Gasteiger partial charge >= 0.3 is 0 Å². The monoisotopic (exact) mass is 394 g/mol. The number of benzene rings is 1. The van der Waals surface area contributed by atoms with Crippen molar-refractivity contribution in [3.63, 3.8) is 0 Å². The molecule has 1 aromatic carbocycles. The fourth-order valence-corrected chi connectivity index (χ4v) is 3.44. The van der Waals surface area contributed by atoms with Crippen molar-refractivity contribution in [1.29, 1.82) is 0 Å². The van der Waals surface area contributed by atoms with Crippen LogP contribution < -0.4 is 5.32 Å². The molecule has 3 heterocycles. The molecule has 1 saturated heterocycles. The molecule has 0 spiro atoms. The summed E-state index contributed by atoms with van der Waals surface area (Å²) in [6.07, 6.45) is 0. The van der Waals surface area contributed by atoms with Crippen LogP contribution in [-0.4, -0.2) is 59.6 Å². The lowest BCUT2D eigenvalue weighted by Crippen LogP contribution is -2.41. The van der Waals surface area contributed by atoms with E-state index in [2.05, 4.69) is 10.3 Å². The number of hydrogen-bond acceptors (Lipinski definition) is 6. The van der Waals surface area contributed by atoms with Gasteiger partial charge in [0.25, 0.3) is 16.0 Å². The minimum atomic E-state index is -4.00. The fraction of sp³-hybridized carbons (Fsp3) is 0.412. The van der Waals surface area contributed by atoms with Crippen molar-refractivity contribution in [2.75, 3.05) is 26.3 Å². The molecule has 4 rings (SSSR count). The van der Waals surface area contributed by atoms with Crippen LogP contribution in [0.5, 0.6) is 0 Å².